The molecule has 2 rings (SSSR count). The lowest BCUT2D eigenvalue weighted by atomic mass is 9.94. The lowest BCUT2D eigenvalue weighted by Gasteiger charge is -2.16. The van der Waals surface area contributed by atoms with E-state index in [2.05, 4.69) is 15.9 Å². The molecule has 0 heterocycles. The molecule has 3 nitrogen and oxygen atoms in total. The number of alkyl halides is 6. The van der Waals surface area contributed by atoms with Crippen LogP contribution in [0.3, 0.4) is 0 Å². The number of hydrogen-bond acceptors (Lipinski definition) is 2. The van der Waals surface area contributed by atoms with Crippen molar-refractivity contribution in [2.24, 2.45) is 5.92 Å². The van der Waals surface area contributed by atoms with E-state index < -0.39 is 48.8 Å². The molecule has 0 fully saturated rings. The maximum absolute atomic E-state index is 13.2. The van der Waals surface area contributed by atoms with Crippen LogP contribution in [0.25, 0.3) is 6.08 Å². The van der Waals surface area contributed by atoms with Gasteiger partial charge in [-0.15, -0.1) is 0 Å². The van der Waals surface area contributed by atoms with E-state index >= 15 is 0 Å². The summed E-state index contributed by atoms with van der Waals surface area (Å²) >= 11 is 15.1. The second-order valence-corrected chi connectivity index (χ2v) is 9.82. The number of Topliss-reactive ketones (excluding diaryl/α,β-unsaturated/α-hetero) is 1. The highest BCUT2D eigenvalue weighted by atomic mass is 79.9. The normalized spacial score (nSPS) is 14.1. The van der Waals surface area contributed by atoms with Crippen molar-refractivity contribution >= 4 is 56.9 Å². The molecule has 0 bridgehead atoms. The summed E-state index contributed by atoms with van der Waals surface area (Å²) in [4.78, 5) is 24.4. The maximum Gasteiger partial charge on any atom is 0.405 e. The molecule has 0 aliphatic heterocycles. The van der Waals surface area contributed by atoms with Gasteiger partial charge in [0.25, 0.3) is 0 Å². The van der Waals surface area contributed by atoms with Gasteiger partial charge in [0.2, 0.25) is 5.91 Å². The minimum absolute atomic E-state index is 0.177. The summed E-state index contributed by atoms with van der Waals surface area (Å²) in [6, 6.07) is 8.64. The van der Waals surface area contributed by atoms with Crippen LogP contribution in [0, 0.1) is 5.92 Å². The molecule has 2 aromatic rings. The number of carbonyl (C=O) groups excluding carboxylic acids is 2. The number of benzene rings is 2. The molecule has 1 N–H and O–H groups in total. The fraction of sp³-hybridized carbons (Fsp3) is 0.333. The van der Waals surface area contributed by atoms with Gasteiger partial charge in [-0.1, -0.05) is 64.3 Å². The number of hydrogen-bond donors (Lipinski definition) is 1. The van der Waals surface area contributed by atoms with E-state index in [4.69, 9.17) is 23.2 Å². The molecular weight excluding hydrogens is 599 g/mol. The van der Waals surface area contributed by atoms with E-state index in [1.165, 1.54) is 55.5 Å². The van der Waals surface area contributed by atoms with E-state index in [1.54, 1.807) is 5.32 Å². The third-order valence-corrected chi connectivity index (χ3v) is 6.07. The Morgan fingerprint density at radius 1 is 1.00 bits per heavy atom. The van der Waals surface area contributed by atoms with Crippen molar-refractivity contribution in [1.82, 2.24) is 5.32 Å². The van der Waals surface area contributed by atoms with E-state index in [0.717, 1.165) is 0 Å². The van der Waals surface area contributed by atoms with E-state index in [1.807, 2.05) is 0 Å². The summed E-state index contributed by atoms with van der Waals surface area (Å²) in [5.41, 5.74) is 0.940. The van der Waals surface area contributed by atoms with E-state index in [0.29, 0.717) is 10.0 Å². The van der Waals surface area contributed by atoms with Gasteiger partial charge in [0, 0.05) is 38.3 Å². The molecule has 0 aliphatic rings. The van der Waals surface area contributed by atoms with Crippen molar-refractivity contribution in [3.63, 3.8) is 0 Å². The van der Waals surface area contributed by atoms with Gasteiger partial charge in [-0.2, -0.15) is 26.3 Å². The summed E-state index contributed by atoms with van der Waals surface area (Å²) in [6.45, 7) is -0.163. The number of rotatable bonds is 9. The first kappa shape index (κ1) is 30.2. The summed E-state index contributed by atoms with van der Waals surface area (Å²) in [5.74, 6) is -3.47. The van der Waals surface area contributed by atoms with Crippen molar-refractivity contribution < 1.29 is 35.9 Å². The molecule has 2 atom stereocenters. The monoisotopic (exact) mass is 617 g/mol. The van der Waals surface area contributed by atoms with Crippen LogP contribution in [0.15, 0.2) is 46.9 Å². The molecule has 36 heavy (non-hydrogen) atoms. The number of allylic oxidation sites excluding steroid dienone is 1. The summed E-state index contributed by atoms with van der Waals surface area (Å²) in [5, 5.41) is 2.13. The SMILES string of the molecule is C[C@@H](CC(=O)c1ccc(/C=C/C(CC(F)(F)F)c2cc(Cl)cc(Cl)c2)cc1Br)C(=O)NCC(F)(F)F. The van der Waals surface area contributed by atoms with Gasteiger partial charge in [-0.05, 0) is 41.5 Å². The molecule has 196 valence electrons. The number of amides is 1. The molecule has 1 amide bonds. The topological polar surface area (TPSA) is 46.2 Å². The highest BCUT2D eigenvalue weighted by molar-refractivity contribution is 9.10. The number of ketones is 1. The van der Waals surface area contributed by atoms with Crippen molar-refractivity contribution in [1.29, 1.82) is 0 Å². The Morgan fingerprint density at radius 3 is 2.14 bits per heavy atom. The van der Waals surface area contributed by atoms with Crippen LogP contribution in [-0.2, 0) is 4.79 Å². The third-order valence-electron chi connectivity index (χ3n) is 4.98. The molecule has 2 aromatic carbocycles. The lowest BCUT2D eigenvalue weighted by Crippen LogP contribution is -2.37. The highest BCUT2D eigenvalue weighted by Gasteiger charge is 2.32. The number of carbonyl (C=O) groups is 2. The minimum atomic E-state index is -4.57. The van der Waals surface area contributed by atoms with E-state index in [9.17, 15) is 35.9 Å². The van der Waals surface area contributed by atoms with Crippen LogP contribution >= 0.6 is 39.1 Å². The molecule has 0 radical (unpaired) electrons. The zero-order valence-electron chi connectivity index (χ0n) is 18.6. The van der Waals surface area contributed by atoms with Gasteiger partial charge in [-0.25, -0.2) is 0 Å². The Kier molecular flexibility index (Phi) is 10.5. The number of nitrogens with one attached hydrogen (secondary N) is 1. The molecule has 12 heteroatoms. The zero-order valence-corrected chi connectivity index (χ0v) is 21.7. The third kappa shape index (κ3) is 10.1. The van der Waals surface area contributed by atoms with Crippen molar-refractivity contribution in [2.45, 2.75) is 38.0 Å². The van der Waals surface area contributed by atoms with Gasteiger partial charge in [0.15, 0.2) is 5.78 Å². The van der Waals surface area contributed by atoms with Crippen molar-refractivity contribution in [3.8, 4) is 0 Å². The maximum atomic E-state index is 13.2. The van der Waals surface area contributed by atoms with Crippen molar-refractivity contribution in [2.75, 3.05) is 6.54 Å². The van der Waals surface area contributed by atoms with Gasteiger partial charge < -0.3 is 5.32 Å². The lowest BCUT2D eigenvalue weighted by molar-refractivity contribution is -0.140. The van der Waals surface area contributed by atoms with Crippen LogP contribution in [0.5, 0.6) is 0 Å². The highest BCUT2D eigenvalue weighted by Crippen LogP contribution is 2.35. The average molecular weight is 619 g/mol. The Bertz CT molecular complexity index is 1110. The van der Waals surface area contributed by atoms with Crippen LogP contribution in [0.4, 0.5) is 26.3 Å². The van der Waals surface area contributed by atoms with Gasteiger partial charge in [-0.3, -0.25) is 9.59 Å². The Labute approximate surface area is 222 Å². The molecule has 0 aromatic heterocycles. The first-order valence-corrected chi connectivity index (χ1v) is 12.0. The summed E-state index contributed by atoms with van der Waals surface area (Å²) < 4.78 is 76.6. The largest absolute Gasteiger partial charge is 0.405 e. The first-order valence-electron chi connectivity index (χ1n) is 10.4. The predicted octanol–water partition coefficient (Wildman–Crippen LogP) is 8.39. The minimum Gasteiger partial charge on any atom is -0.347 e. The predicted molar refractivity (Wildman–Crippen MR) is 130 cm³/mol. The molecule has 0 saturated carbocycles. The fourth-order valence-corrected chi connectivity index (χ4v) is 4.43. The van der Waals surface area contributed by atoms with Gasteiger partial charge >= 0.3 is 12.4 Å². The average Bonchev–Trinajstić information content (AvgIpc) is 2.72. The molecular formula is C24H20BrCl2F6NO2. The van der Waals surface area contributed by atoms with Crippen LogP contribution in [0.1, 0.15) is 47.2 Å². The van der Waals surface area contributed by atoms with Crippen LogP contribution in [-0.4, -0.2) is 30.6 Å². The van der Waals surface area contributed by atoms with Crippen LogP contribution in [0.2, 0.25) is 10.0 Å². The molecule has 0 aliphatic carbocycles. The standard InChI is InChI=1S/C24H20BrCl2F6NO2/c1-13(22(36)34-12-24(31,32)33)6-21(35)19-5-3-14(7-20(19)25)2-4-15(11-23(28,29)30)16-8-17(26)10-18(27)9-16/h2-5,7-10,13,15H,6,11-12H2,1H3,(H,34,36)/b4-2+/t13-,15?/m0/s1. The summed E-state index contributed by atoms with van der Waals surface area (Å²) in [7, 11) is 0. The fourth-order valence-electron chi connectivity index (χ4n) is 3.27. The van der Waals surface area contributed by atoms with Gasteiger partial charge in [0.05, 0.1) is 6.42 Å². The Hall–Kier alpha value is -2.04. The first-order chi connectivity index (χ1) is 16.5. The second kappa shape index (κ2) is 12.5. The van der Waals surface area contributed by atoms with Crippen molar-refractivity contribution in [3.05, 3.63) is 73.7 Å². The second-order valence-electron chi connectivity index (χ2n) is 8.09. The summed E-state index contributed by atoms with van der Waals surface area (Å²) in [6.07, 6.45) is -7.69. The molecule has 1 unspecified atom stereocenters. The zero-order chi connectivity index (χ0) is 27.3. The van der Waals surface area contributed by atoms with Gasteiger partial charge in [0.1, 0.15) is 6.54 Å². The molecule has 0 spiro atoms. The van der Waals surface area contributed by atoms with E-state index in [-0.39, 0.29) is 27.6 Å². The Morgan fingerprint density at radius 2 is 1.61 bits per heavy atom. The quantitative estimate of drug-likeness (QED) is 0.227. The Balaban J connectivity index is 2.17. The molecule has 0 saturated heterocycles. The smallest absolute Gasteiger partial charge is 0.347 e. The number of halogens is 9. The van der Waals surface area contributed by atoms with Crippen LogP contribution < -0.4 is 5.32 Å².